The quantitative estimate of drug-likeness (QED) is 0.644. The Morgan fingerprint density at radius 2 is 2.00 bits per heavy atom. The molecule has 8 heteroatoms. The molecule has 0 fully saturated rings. The Hall–Kier alpha value is -2.38. The molecule has 0 saturated carbocycles. The summed E-state index contributed by atoms with van der Waals surface area (Å²) in [7, 11) is 0. The predicted molar refractivity (Wildman–Crippen MR) is 68.9 cm³/mol. The van der Waals surface area contributed by atoms with Crippen LogP contribution in [0.3, 0.4) is 0 Å². The molecule has 2 rings (SSSR count). The van der Waals surface area contributed by atoms with Gasteiger partial charge in [-0.2, -0.15) is 18.3 Å². The number of aromatic nitrogens is 2. The third-order valence-electron chi connectivity index (χ3n) is 3.11. The largest absolute Gasteiger partial charge is 0.416 e. The van der Waals surface area contributed by atoms with Gasteiger partial charge in [0.2, 0.25) is 0 Å². The molecular weight excluding hydrogens is 287 g/mol. The van der Waals surface area contributed by atoms with Gasteiger partial charge in [0.05, 0.1) is 17.0 Å². The third kappa shape index (κ3) is 3.04. The van der Waals surface area contributed by atoms with Crippen LogP contribution >= 0.6 is 0 Å². The number of nitro groups is 1. The minimum Gasteiger partial charge on any atom is -0.258 e. The highest BCUT2D eigenvalue weighted by Gasteiger charge is 2.30. The van der Waals surface area contributed by atoms with Crippen LogP contribution in [0, 0.1) is 24.0 Å². The van der Waals surface area contributed by atoms with Crippen molar-refractivity contribution in [2.45, 2.75) is 26.6 Å². The molecule has 0 aliphatic heterocycles. The summed E-state index contributed by atoms with van der Waals surface area (Å²) in [6.45, 7) is 3.06. The first-order chi connectivity index (χ1) is 9.70. The molecule has 2 aromatic rings. The van der Waals surface area contributed by atoms with Crippen LogP contribution in [0.1, 0.15) is 22.5 Å². The lowest BCUT2D eigenvalue weighted by molar-refractivity contribution is -0.386. The smallest absolute Gasteiger partial charge is 0.258 e. The fourth-order valence-corrected chi connectivity index (χ4v) is 2.12. The molecule has 21 heavy (non-hydrogen) atoms. The van der Waals surface area contributed by atoms with Gasteiger partial charge in [-0.05, 0) is 31.5 Å². The highest BCUT2D eigenvalue weighted by molar-refractivity contribution is 5.40. The molecule has 112 valence electrons. The first-order valence-electron chi connectivity index (χ1n) is 6.04. The first-order valence-corrected chi connectivity index (χ1v) is 6.04. The van der Waals surface area contributed by atoms with Crippen LogP contribution in [-0.4, -0.2) is 14.7 Å². The van der Waals surface area contributed by atoms with Crippen LogP contribution < -0.4 is 0 Å². The zero-order valence-corrected chi connectivity index (χ0v) is 11.3. The van der Waals surface area contributed by atoms with Gasteiger partial charge >= 0.3 is 11.9 Å². The molecule has 0 bridgehead atoms. The molecule has 0 aliphatic carbocycles. The van der Waals surface area contributed by atoms with Crippen molar-refractivity contribution >= 4 is 5.69 Å². The van der Waals surface area contributed by atoms with Gasteiger partial charge in [0, 0.05) is 0 Å². The van der Waals surface area contributed by atoms with Crippen LogP contribution in [0.5, 0.6) is 0 Å². The van der Waals surface area contributed by atoms with Crippen molar-refractivity contribution in [3.8, 4) is 0 Å². The van der Waals surface area contributed by atoms with E-state index in [1.165, 1.54) is 30.7 Å². The molecule has 0 aliphatic rings. The summed E-state index contributed by atoms with van der Waals surface area (Å²) in [4.78, 5) is 10.4. The van der Waals surface area contributed by atoms with E-state index in [-0.39, 0.29) is 17.9 Å². The van der Waals surface area contributed by atoms with Gasteiger partial charge in [-0.3, -0.25) is 14.8 Å². The minimum absolute atomic E-state index is 0.0461. The van der Waals surface area contributed by atoms with E-state index >= 15 is 0 Å². The van der Waals surface area contributed by atoms with Gasteiger partial charge in [-0.15, -0.1) is 0 Å². The van der Waals surface area contributed by atoms with Crippen molar-refractivity contribution < 1.29 is 18.1 Å². The Morgan fingerprint density at radius 1 is 1.33 bits per heavy atom. The Labute approximate surface area is 118 Å². The number of nitrogens with zero attached hydrogens (tertiary/aromatic N) is 3. The highest BCUT2D eigenvalue weighted by atomic mass is 19.4. The van der Waals surface area contributed by atoms with E-state index in [1.54, 1.807) is 0 Å². The van der Waals surface area contributed by atoms with Crippen molar-refractivity contribution in [3.05, 3.63) is 56.9 Å². The molecule has 0 amide bonds. The molecule has 0 spiro atoms. The first kappa shape index (κ1) is 15.0. The predicted octanol–water partition coefficient (Wildman–Crippen LogP) is 3.48. The molecule has 0 saturated heterocycles. The lowest BCUT2D eigenvalue weighted by atomic mass is 10.1. The maximum absolute atomic E-state index is 12.6. The average Bonchev–Trinajstić information content (AvgIpc) is 2.63. The fraction of sp³-hybridized carbons (Fsp3) is 0.308. The van der Waals surface area contributed by atoms with Gasteiger partial charge < -0.3 is 0 Å². The van der Waals surface area contributed by atoms with Crippen molar-refractivity contribution in [3.63, 3.8) is 0 Å². The molecule has 1 heterocycles. The number of alkyl halides is 3. The number of hydrogen-bond acceptors (Lipinski definition) is 3. The van der Waals surface area contributed by atoms with Crippen molar-refractivity contribution in [2.75, 3.05) is 0 Å². The van der Waals surface area contributed by atoms with E-state index in [4.69, 9.17) is 0 Å². The molecular formula is C13H12F3N3O2. The van der Waals surface area contributed by atoms with Crippen LogP contribution in [0.4, 0.5) is 18.9 Å². The van der Waals surface area contributed by atoms with Gasteiger partial charge in [0.1, 0.15) is 11.4 Å². The molecule has 5 nitrogen and oxygen atoms in total. The molecule has 0 N–H and O–H groups in total. The van der Waals surface area contributed by atoms with Crippen molar-refractivity contribution in [1.29, 1.82) is 0 Å². The van der Waals surface area contributed by atoms with Crippen molar-refractivity contribution in [1.82, 2.24) is 9.78 Å². The van der Waals surface area contributed by atoms with Crippen LogP contribution in [-0.2, 0) is 12.7 Å². The van der Waals surface area contributed by atoms with Gasteiger partial charge in [-0.25, -0.2) is 0 Å². The van der Waals surface area contributed by atoms with Crippen LogP contribution in [0.25, 0.3) is 0 Å². The number of rotatable bonds is 3. The zero-order chi connectivity index (χ0) is 15.8. The average molecular weight is 299 g/mol. The highest BCUT2D eigenvalue weighted by Crippen LogP contribution is 2.30. The summed E-state index contributed by atoms with van der Waals surface area (Å²) < 4.78 is 39.3. The molecule has 0 radical (unpaired) electrons. The van der Waals surface area contributed by atoms with Crippen molar-refractivity contribution in [2.24, 2.45) is 0 Å². The fourth-order valence-electron chi connectivity index (χ4n) is 2.12. The summed E-state index contributed by atoms with van der Waals surface area (Å²) in [5.41, 5.74) is 0.0720. The van der Waals surface area contributed by atoms with E-state index < -0.39 is 16.7 Å². The minimum atomic E-state index is -4.42. The number of hydrogen-bond donors (Lipinski definition) is 0. The Morgan fingerprint density at radius 3 is 2.52 bits per heavy atom. The Kier molecular flexibility index (Phi) is 3.71. The SMILES string of the molecule is Cc1nn(Cc2cccc(C(F)(F)F)c2)c(C)c1[N+](=O)[O-]. The maximum Gasteiger partial charge on any atom is 0.416 e. The Bertz CT molecular complexity index is 692. The van der Waals surface area contributed by atoms with Gasteiger partial charge in [0.15, 0.2) is 0 Å². The number of benzene rings is 1. The lowest BCUT2D eigenvalue weighted by Gasteiger charge is -2.09. The standard InChI is InChI=1S/C13H12F3N3O2/c1-8-12(19(20)21)9(2)18(17-8)7-10-4-3-5-11(6-10)13(14,15)16/h3-6H,7H2,1-2H3. The molecule has 1 aromatic carbocycles. The van der Waals surface area contributed by atoms with E-state index in [0.29, 0.717) is 11.3 Å². The van der Waals surface area contributed by atoms with Crippen LogP contribution in [0.2, 0.25) is 0 Å². The molecule has 1 aromatic heterocycles. The topological polar surface area (TPSA) is 61.0 Å². The Balaban J connectivity index is 2.35. The van der Waals surface area contributed by atoms with Gasteiger partial charge in [0.25, 0.3) is 0 Å². The maximum atomic E-state index is 12.6. The summed E-state index contributed by atoms with van der Waals surface area (Å²) >= 11 is 0. The molecule has 0 unspecified atom stereocenters. The monoisotopic (exact) mass is 299 g/mol. The second kappa shape index (κ2) is 5.19. The number of halogens is 3. The summed E-state index contributed by atoms with van der Waals surface area (Å²) in [5, 5.41) is 14.9. The second-order valence-corrected chi connectivity index (χ2v) is 4.63. The number of aryl methyl sites for hydroxylation is 1. The van der Waals surface area contributed by atoms with E-state index in [0.717, 1.165) is 12.1 Å². The van der Waals surface area contributed by atoms with E-state index in [1.807, 2.05) is 0 Å². The third-order valence-corrected chi connectivity index (χ3v) is 3.11. The molecule has 0 atom stereocenters. The normalized spacial score (nSPS) is 11.7. The zero-order valence-electron chi connectivity index (χ0n) is 11.3. The second-order valence-electron chi connectivity index (χ2n) is 4.63. The van der Waals surface area contributed by atoms with E-state index in [2.05, 4.69) is 5.10 Å². The lowest BCUT2D eigenvalue weighted by Crippen LogP contribution is -2.08. The van der Waals surface area contributed by atoms with E-state index in [9.17, 15) is 23.3 Å². The summed E-state index contributed by atoms with van der Waals surface area (Å²) in [6.07, 6.45) is -4.42. The summed E-state index contributed by atoms with van der Waals surface area (Å²) in [6, 6.07) is 4.82. The summed E-state index contributed by atoms with van der Waals surface area (Å²) in [5.74, 6) is 0. The van der Waals surface area contributed by atoms with Gasteiger partial charge in [-0.1, -0.05) is 12.1 Å². The van der Waals surface area contributed by atoms with Crippen LogP contribution in [0.15, 0.2) is 24.3 Å².